The molecule has 4 rings (SSSR count). The van der Waals surface area contributed by atoms with Crippen LogP contribution in [0.3, 0.4) is 0 Å². The van der Waals surface area contributed by atoms with Crippen molar-refractivity contribution in [3.63, 3.8) is 0 Å². The maximum absolute atomic E-state index is 7.64. The summed E-state index contributed by atoms with van der Waals surface area (Å²) < 4.78 is 5.75. The second kappa shape index (κ2) is 8.48. The molecule has 0 bridgehead atoms. The van der Waals surface area contributed by atoms with Crippen molar-refractivity contribution >= 4 is 28.3 Å². The van der Waals surface area contributed by atoms with E-state index in [9.17, 15) is 0 Å². The number of hydrogen-bond donors (Lipinski definition) is 1. The van der Waals surface area contributed by atoms with Crippen molar-refractivity contribution < 1.29 is 9.84 Å². The molecule has 2 aromatic heterocycles. The number of para-hydroxylation sites is 1. The summed E-state index contributed by atoms with van der Waals surface area (Å²) in [6.07, 6.45) is 7.70. The molecule has 0 atom stereocenters. The van der Waals surface area contributed by atoms with Crippen molar-refractivity contribution in [1.29, 1.82) is 0 Å². The van der Waals surface area contributed by atoms with Crippen LogP contribution in [0.25, 0.3) is 10.9 Å². The third-order valence-electron chi connectivity index (χ3n) is 3.75. The van der Waals surface area contributed by atoms with Gasteiger partial charge in [-0.1, -0.05) is 35.7 Å². The SMILES string of the molecule is C#CCO.Clc1nccnc1OC1CN(c2ccc3ccccc3n2)C1. The highest BCUT2D eigenvalue weighted by atomic mass is 35.5. The van der Waals surface area contributed by atoms with Crippen molar-refractivity contribution in [3.05, 3.63) is 53.9 Å². The number of hydrogen-bond acceptors (Lipinski definition) is 6. The highest BCUT2D eigenvalue weighted by molar-refractivity contribution is 6.30. The zero-order chi connectivity index (χ0) is 18.4. The molecule has 7 heteroatoms. The lowest BCUT2D eigenvalue weighted by Crippen LogP contribution is -2.54. The van der Waals surface area contributed by atoms with Gasteiger partial charge in [0, 0.05) is 17.8 Å². The Morgan fingerprint density at radius 2 is 1.92 bits per heavy atom. The van der Waals surface area contributed by atoms with Crippen molar-refractivity contribution in [3.8, 4) is 18.2 Å². The molecule has 132 valence electrons. The van der Waals surface area contributed by atoms with Crippen LogP contribution in [0.5, 0.6) is 5.88 Å². The number of anilines is 1. The lowest BCUT2D eigenvalue weighted by molar-refractivity contribution is 0.159. The minimum absolute atomic E-state index is 0.0578. The van der Waals surface area contributed by atoms with Gasteiger partial charge in [0.15, 0.2) is 5.15 Å². The third-order valence-corrected chi connectivity index (χ3v) is 4.01. The van der Waals surface area contributed by atoms with E-state index in [4.69, 9.17) is 21.4 Å². The number of nitrogens with zero attached hydrogens (tertiary/aromatic N) is 4. The van der Waals surface area contributed by atoms with Crippen LogP contribution in [0.1, 0.15) is 0 Å². The molecule has 1 aliphatic heterocycles. The monoisotopic (exact) mass is 368 g/mol. The number of aliphatic hydroxyl groups is 1. The summed E-state index contributed by atoms with van der Waals surface area (Å²) in [5.74, 6) is 3.34. The summed E-state index contributed by atoms with van der Waals surface area (Å²) in [6, 6.07) is 12.2. The summed E-state index contributed by atoms with van der Waals surface area (Å²) in [5.41, 5.74) is 1.00. The molecule has 3 aromatic rings. The molecule has 0 aliphatic carbocycles. The predicted molar refractivity (Wildman–Crippen MR) is 101 cm³/mol. The van der Waals surface area contributed by atoms with Gasteiger partial charge in [-0.05, 0) is 18.2 Å². The van der Waals surface area contributed by atoms with Gasteiger partial charge in [0.1, 0.15) is 18.5 Å². The van der Waals surface area contributed by atoms with Gasteiger partial charge in [-0.25, -0.2) is 15.0 Å². The van der Waals surface area contributed by atoms with Gasteiger partial charge in [0.2, 0.25) is 0 Å². The summed E-state index contributed by atoms with van der Waals surface area (Å²) >= 11 is 5.94. The molecule has 3 heterocycles. The Labute approximate surface area is 156 Å². The minimum atomic E-state index is -0.153. The molecule has 26 heavy (non-hydrogen) atoms. The van der Waals surface area contributed by atoms with Crippen LogP contribution in [-0.2, 0) is 0 Å². The highest BCUT2D eigenvalue weighted by Gasteiger charge is 2.30. The maximum Gasteiger partial charge on any atom is 0.252 e. The summed E-state index contributed by atoms with van der Waals surface area (Å²) in [7, 11) is 0. The number of terminal acetylenes is 1. The standard InChI is InChI=1S/C16H13ClN4O.C3H4O/c17-15-16(19-8-7-18-15)22-12-9-21(10-12)14-6-5-11-3-1-2-4-13(11)20-14;1-2-3-4/h1-8,12H,9-10H2;1,4H,3H2. The van der Waals surface area contributed by atoms with Gasteiger partial charge in [0.05, 0.1) is 18.6 Å². The van der Waals surface area contributed by atoms with E-state index in [1.807, 2.05) is 30.2 Å². The van der Waals surface area contributed by atoms with E-state index in [-0.39, 0.29) is 12.7 Å². The van der Waals surface area contributed by atoms with Crippen molar-refractivity contribution in [2.75, 3.05) is 24.6 Å². The molecule has 0 unspecified atom stereocenters. The Bertz CT molecular complexity index is 923. The van der Waals surface area contributed by atoms with Crippen LogP contribution in [0.2, 0.25) is 5.15 Å². The molecule has 0 saturated carbocycles. The molecule has 1 N–H and O–H groups in total. The number of aromatic nitrogens is 3. The number of aliphatic hydroxyl groups excluding tert-OH is 1. The number of pyridine rings is 1. The first kappa shape index (κ1) is 17.9. The van der Waals surface area contributed by atoms with E-state index in [0.29, 0.717) is 11.0 Å². The first-order valence-corrected chi connectivity index (χ1v) is 8.37. The topological polar surface area (TPSA) is 71.4 Å². The highest BCUT2D eigenvalue weighted by Crippen LogP contribution is 2.26. The molecular formula is C19H17ClN4O2. The molecular weight excluding hydrogens is 352 g/mol. The summed E-state index contributed by atoms with van der Waals surface area (Å²) in [6.45, 7) is 1.37. The fourth-order valence-corrected chi connectivity index (χ4v) is 2.63. The van der Waals surface area contributed by atoms with E-state index in [1.54, 1.807) is 12.4 Å². The Kier molecular flexibility index (Phi) is 5.84. The lowest BCUT2D eigenvalue weighted by atomic mass is 10.1. The molecule has 6 nitrogen and oxygen atoms in total. The van der Waals surface area contributed by atoms with Gasteiger partial charge >= 0.3 is 0 Å². The zero-order valence-electron chi connectivity index (χ0n) is 13.9. The average Bonchev–Trinajstić information content (AvgIpc) is 2.65. The minimum Gasteiger partial charge on any atom is -0.468 e. The van der Waals surface area contributed by atoms with Gasteiger partial charge in [-0.3, -0.25) is 0 Å². The van der Waals surface area contributed by atoms with E-state index in [0.717, 1.165) is 29.8 Å². The van der Waals surface area contributed by atoms with Gasteiger partial charge < -0.3 is 14.7 Å². The first-order valence-electron chi connectivity index (χ1n) is 7.99. The van der Waals surface area contributed by atoms with Crippen LogP contribution in [0, 0.1) is 12.3 Å². The smallest absolute Gasteiger partial charge is 0.252 e. The third kappa shape index (κ3) is 4.20. The molecule has 1 saturated heterocycles. The number of fused-ring (bicyclic) bond motifs is 1. The maximum atomic E-state index is 7.64. The molecule has 0 amide bonds. The van der Waals surface area contributed by atoms with Crippen molar-refractivity contribution in [2.24, 2.45) is 0 Å². The van der Waals surface area contributed by atoms with Crippen molar-refractivity contribution in [1.82, 2.24) is 15.0 Å². The van der Waals surface area contributed by atoms with Crippen LogP contribution < -0.4 is 9.64 Å². The second-order valence-electron chi connectivity index (χ2n) is 5.52. The fourth-order valence-electron chi connectivity index (χ4n) is 2.48. The lowest BCUT2D eigenvalue weighted by Gasteiger charge is -2.39. The fraction of sp³-hybridized carbons (Fsp3) is 0.211. The van der Waals surface area contributed by atoms with E-state index < -0.39 is 0 Å². The predicted octanol–water partition coefficient (Wildman–Crippen LogP) is 2.56. The van der Waals surface area contributed by atoms with Crippen LogP contribution in [-0.4, -0.2) is 45.9 Å². The first-order chi connectivity index (χ1) is 12.7. The zero-order valence-corrected chi connectivity index (χ0v) is 14.7. The molecule has 0 radical (unpaired) electrons. The van der Waals surface area contributed by atoms with Gasteiger partial charge in [-0.2, -0.15) is 0 Å². The van der Waals surface area contributed by atoms with Crippen molar-refractivity contribution in [2.45, 2.75) is 6.10 Å². The number of halogens is 1. The Morgan fingerprint density at radius 3 is 2.65 bits per heavy atom. The molecule has 1 fully saturated rings. The molecule has 1 aliphatic rings. The Morgan fingerprint density at radius 1 is 1.19 bits per heavy atom. The normalized spacial score (nSPS) is 13.3. The summed E-state index contributed by atoms with van der Waals surface area (Å²) in [4.78, 5) is 14.9. The van der Waals surface area contributed by atoms with Crippen LogP contribution in [0.4, 0.5) is 5.82 Å². The van der Waals surface area contributed by atoms with E-state index >= 15 is 0 Å². The number of benzene rings is 1. The van der Waals surface area contributed by atoms with Crippen LogP contribution >= 0.6 is 11.6 Å². The van der Waals surface area contributed by atoms with Gasteiger partial charge in [0.25, 0.3) is 5.88 Å². The molecule has 1 aromatic carbocycles. The summed E-state index contributed by atoms with van der Waals surface area (Å²) in [5, 5.41) is 9.08. The quantitative estimate of drug-likeness (QED) is 0.716. The van der Waals surface area contributed by atoms with E-state index in [1.165, 1.54) is 0 Å². The second-order valence-corrected chi connectivity index (χ2v) is 5.88. The number of rotatable bonds is 3. The Hall–Kier alpha value is -2.88. The largest absolute Gasteiger partial charge is 0.468 e. The Balaban J connectivity index is 0.000000447. The number of ether oxygens (including phenoxy) is 1. The van der Waals surface area contributed by atoms with Gasteiger partial charge in [-0.15, -0.1) is 6.42 Å². The van der Waals surface area contributed by atoms with Crippen LogP contribution in [0.15, 0.2) is 48.8 Å². The molecule has 0 spiro atoms. The van der Waals surface area contributed by atoms with E-state index in [2.05, 4.69) is 38.4 Å². The average molecular weight is 369 g/mol.